The van der Waals surface area contributed by atoms with Gasteiger partial charge in [-0.3, -0.25) is 0 Å². The summed E-state index contributed by atoms with van der Waals surface area (Å²) in [4.78, 5) is 0.0868. The van der Waals surface area contributed by atoms with E-state index in [1.165, 1.54) is 26.4 Å². The van der Waals surface area contributed by atoms with Crippen molar-refractivity contribution < 1.29 is 17.9 Å². The third-order valence-electron chi connectivity index (χ3n) is 3.40. The van der Waals surface area contributed by atoms with Gasteiger partial charge < -0.3 is 15.2 Å². The van der Waals surface area contributed by atoms with Gasteiger partial charge in [-0.1, -0.05) is 0 Å². The highest BCUT2D eigenvalue weighted by Gasteiger charge is 2.30. The van der Waals surface area contributed by atoms with Crippen molar-refractivity contribution in [3.05, 3.63) is 18.2 Å². The molecule has 6 nitrogen and oxygen atoms in total. The standard InChI is InChI=1S/C13H20N2O4S/c1-18-10-5-6-13(12(7-10)19-2)20(16,17)15-8-11(14)9-3-4-9/h5-7,9,11,15H,3-4,8,14H2,1-2H3. The van der Waals surface area contributed by atoms with Crippen LogP contribution in [0.5, 0.6) is 11.5 Å². The van der Waals surface area contributed by atoms with Gasteiger partial charge in [0.2, 0.25) is 10.0 Å². The van der Waals surface area contributed by atoms with Gasteiger partial charge in [-0.15, -0.1) is 0 Å². The van der Waals surface area contributed by atoms with Gasteiger partial charge in [-0.2, -0.15) is 0 Å². The molecular formula is C13H20N2O4S. The van der Waals surface area contributed by atoms with E-state index in [0.717, 1.165) is 12.8 Å². The monoisotopic (exact) mass is 300 g/mol. The van der Waals surface area contributed by atoms with Crippen LogP contribution < -0.4 is 19.9 Å². The Kier molecular flexibility index (Phi) is 4.52. The Labute approximate surface area is 119 Å². The van der Waals surface area contributed by atoms with Crippen molar-refractivity contribution in [2.24, 2.45) is 11.7 Å². The van der Waals surface area contributed by atoms with Crippen LogP contribution in [0.25, 0.3) is 0 Å². The summed E-state index contributed by atoms with van der Waals surface area (Å²) in [6.07, 6.45) is 2.16. The first-order valence-corrected chi connectivity index (χ1v) is 7.93. The predicted octanol–water partition coefficient (Wildman–Crippen LogP) is 0.719. The van der Waals surface area contributed by atoms with Crippen molar-refractivity contribution >= 4 is 10.0 Å². The molecule has 0 aliphatic heterocycles. The zero-order valence-corrected chi connectivity index (χ0v) is 12.4. The molecule has 7 heteroatoms. The molecule has 1 aromatic rings. The van der Waals surface area contributed by atoms with Crippen molar-refractivity contribution in [1.82, 2.24) is 4.72 Å². The fraction of sp³-hybridized carbons (Fsp3) is 0.538. The van der Waals surface area contributed by atoms with Gasteiger partial charge in [0.1, 0.15) is 16.4 Å². The molecule has 1 aromatic carbocycles. The second-order valence-electron chi connectivity index (χ2n) is 4.87. The maximum absolute atomic E-state index is 12.3. The highest BCUT2D eigenvalue weighted by Crippen LogP contribution is 2.32. The van der Waals surface area contributed by atoms with E-state index in [1.54, 1.807) is 6.07 Å². The Bertz CT molecular complexity index is 570. The number of methoxy groups -OCH3 is 2. The summed E-state index contributed by atoms with van der Waals surface area (Å²) in [6.45, 7) is 0.238. The lowest BCUT2D eigenvalue weighted by atomic mass is 10.2. The smallest absolute Gasteiger partial charge is 0.244 e. The number of nitrogens with two attached hydrogens (primary N) is 1. The van der Waals surface area contributed by atoms with Gasteiger partial charge in [-0.25, -0.2) is 13.1 Å². The molecule has 0 bridgehead atoms. The van der Waals surface area contributed by atoms with Crippen molar-refractivity contribution in [3.8, 4) is 11.5 Å². The number of hydrogen-bond acceptors (Lipinski definition) is 5. The molecule has 3 N–H and O–H groups in total. The van der Waals surface area contributed by atoms with Crippen LogP contribution in [0, 0.1) is 5.92 Å². The summed E-state index contributed by atoms with van der Waals surface area (Å²) in [7, 11) is -0.709. The average molecular weight is 300 g/mol. The van der Waals surface area contributed by atoms with Crippen LogP contribution in [0.4, 0.5) is 0 Å². The Balaban J connectivity index is 2.15. The van der Waals surface area contributed by atoms with E-state index in [9.17, 15) is 8.42 Å². The maximum Gasteiger partial charge on any atom is 0.244 e. The van der Waals surface area contributed by atoms with Gasteiger partial charge in [0.25, 0.3) is 0 Å². The van der Waals surface area contributed by atoms with Crippen LogP contribution in [0.2, 0.25) is 0 Å². The summed E-state index contributed by atoms with van der Waals surface area (Å²) in [5.41, 5.74) is 5.90. The maximum atomic E-state index is 12.3. The van der Waals surface area contributed by atoms with Crippen molar-refractivity contribution in [2.45, 2.75) is 23.8 Å². The van der Waals surface area contributed by atoms with E-state index in [-0.39, 0.29) is 23.2 Å². The molecule has 0 spiro atoms. The number of ether oxygens (including phenoxy) is 2. The largest absolute Gasteiger partial charge is 0.497 e. The topological polar surface area (TPSA) is 90.7 Å². The SMILES string of the molecule is COc1ccc(S(=O)(=O)NCC(N)C2CC2)c(OC)c1. The molecule has 1 unspecified atom stereocenters. The molecule has 1 aliphatic rings. The van der Waals surface area contributed by atoms with E-state index in [2.05, 4.69) is 4.72 Å². The number of rotatable bonds is 7. The molecule has 1 aliphatic carbocycles. The zero-order chi connectivity index (χ0) is 14.8. The Morgan fingerprint density at radius 1 is 1.35 bits per heavy atom. The molecule has 0 saturated heterocycles. The number of sulfonamides is 1. The summed E-state index contributed by atoms with van der Waals surface area (Å²) in [6, 6.07) is 4.45. The quantitative estimate of drug-likeness (QED) is 0.774. The lowest BCUT2D eigenvalue weighted by molar-refractivity contribution is 0.386. The molecule has 1 saturated carbocycles. The summed E-state index contributed by atoms with van der Waals surface area (Å²) < 4.78 is 37.2. The van der Waals surface area contributed by atoms with Crippen LogP contribution in [0.1, 0.15) is 12.8 Å². The second-order valence-corrected chi connectivity index (χ2v) is 6.61. The van der Waals surface area contributed by atoms with Crippen LogP contribution >= 0.6 is 0 Å². The average Bonchev–Trinajstić information content (AvgIpc) is 3.28. The first-order chi connectivity index (χ1) is 9.47. The van der Waals surface area contributed by atoms with E-state index >= 15 is 0 Å². The normalized spacial score (nSPS) is 16.8. The highest BCUT2D eigenvalue weighted by molar-refractivity contribution is 7.89. The van der Waals surface area contributed by atoms with Crippen LogP contribution in [0.15, 0.2) is 23.1 Å². The molecular weight excluding hydrogens is 280 g/mol. The van der Waals surface area contributed by atoms with Crippen LogP contribution in [0.3, 0.4) is 0 Å². The Hall–Kier alpha value is -1.31. The molecule has 0 radical (unpaired) electrons. The fourth-order valence-electron chi connectivity index (χ4n) is 1.97. The molecule has 0 amide bonds. The first-order valence-electron chi connectivity index (χ1n) is 6.45. The molecule has 0 aromatic heterocycles. The van der Waals surface area contributed by atoms with Crippen molar-refractivity contribution in [2.75, 3.05) is 20.8 Å². The fourth-order valence-corrected chi connectivity index (χ4v) is 3.19. The van der Waals surface area contributed by atoms with Gasteiger partial charge in [0.05, 0.1) is 14.2 Å². The van der Waals surface area contributed by atoms with E-state index in [0.29, 0.717) is 11.7 Å². The van der Waals surface area contributed by atoms with Gasteiger partial charge >= 0.3 is 0 Å². The summed E-state index contributed by atoms with van der Waals surface area (Å²) in [5.74, 6) is 1.22. The summed E-state index contributed by atoms with van der Waals surface area (Å²) >= 11 is 0. The Morgan fingerprint density at radius 2 is 2.05 bits per heavy atom. The first kappa shape index (κ1) is 15.1. The molecule has 20 heavy (non-hydrogen) atoms. The van der Waals surface area contributed by atoms with E-state index < -0.39 is 10.0 Å². The van der Waals surface area contributed by atoms with Gasteiger partial charge in [-0.05, 0) is 30.9 Å². The number of benzene rings is 1. The lowest BCUT2D eigenvalue weighted by Crippen LogP contribution is -2.38. The van der Waals surface area contributed by atoms with E-state index in [1.807, 2.05) is 0 Å². The third kappa shape index (κ3) is 3.41. The van der Waals surface area contributed by atoms with Crippen molar-refractivity contribution in [3.63, 3.8) is 0 Å². The minimum absolute atomic E-state index is 0.0868. The van der Waals surface area contributed by atoms with Gasteiger partial charge in [0, 0.05) is 18.7 Å². The third-order valence-corrected chi connectivity index (χ3v) is 4.86. The molecule has 112 valence electrons. The molecule has 1 atom stereocenters. The molecule has 1 fully saturated rings. The highest BCUT2D eigenvalue weighted by atomic mass is 32.2. The molecule has 0 heterocycles. The van der Waals surface area contributed by atoms with Crippen LogP contribution in [-0.4, -0.2) is 35.2 Å². The van der Waals surface area contributed by atoms with Gasteiger partial charge in [0.15, 0.2) is 0 Å². The number of nitrogens with one attached hydrogen (secondary N) is 1. The van der Waals surface area contributed by atoms with E-state index in [4.69, 9.17) is 15.2 Å². The Morgan fingerprint density at radius 3 is 2.60 bits per heavy atom. The minimum atomic E-state index is -3.64. The van der Waals surface area contributed by atoms with Crippen molar-refractivity contribution in [1.29, 1.82) is 0 Å². The number of hydrogen-bond donors (Lipinski definition) is 2. The zero-order valence-electron chi connectivity index (χ0n) is 11.6. The second kappa shape index (κ2) is 5.99. The predicted molar refractivity (Wildman–Crippen MR) is 75.4 cm³/mol. The lowest BCUT2D eigenvalue weighted by Gasteiger charge is -2.14. The summed E-state index contributed by atoms with van der Waals surface area (Å²) in [5, 5.41) is 0. The minimum Gasteiger partial charge on any atom is -0.497 e. The molecule has 2 rings (SSSR count). The van der Waals surface area contributed by atoms with Crippen LogP contribution in [-0.2, 0) is 10.0 Å².